The van der Waals surface area contributed by atoms with Crippen LogP contribution in [0.15, 0.2) is 0 Å². The number of amides is 1. The highest BCUT2D eigenvalue weighted by molar-refractivity contribution is 7.99. The van der Waals surface area contributed by atoms with E-state index in [0.717, 1.165) is 11.5 Å². The fourth-order valence-corrected chi connectivity index (χ4v) is 4.40. The molecular weight excluding hydrogens is 306 g/mol. The van der Waals surface area contributed by atoms with Crippen molar-refractivity contribution in [2.75, 3.05) is 24.6 Å². The van der Waals surface area contributed by atoms with Gasteiger partial charge in [-0.2, -0.15) is 11.8 Å². The molecule has 0 aromatic carbocycles. The van der Waals surface area contributed by atoms with Gasteiger partial charge >= 0.3 is 12.1 Å². The first-order chi connectivity index (χ1) is 10.1. The van der Waals surface area contributed by atoms with Crippen molar-refractivity contribution in [2.45, 2.75) is 51.2 Å². The highest BCUT2D eigenvalue weighted by atomic mass is 32.2. The lowest BCUT2D eigenvalue weighted by molar-refractivity contribution is -0.169. The second kappa shape index (κ2) is 5.92. The quantitative estimate of drug-likeness (QED) is 0.804. The number of aliphatic hydroxyl groups is 1. The molecule has 0 saturated carbocycles. The molecule has 0 bridgehead atoms. The Bertz CT molecular complexity index is 455. The number of hydrogen-bond donors (Lipinski definition) is 2. The Morgan fingerprint density at radius 2 is 1.77 bits per heavy atom. The predicted octanol–water partition coefficient (Wildman–Crippen LogP) is 1.96. The van der Waals surface area contributed by atoms with Gasteiger partial charge in [-0.15, -0.1) is 0 Å². The fraction of sp³-hybridized carbons (Fsp3) is 0.867. The van der Waals surface area contributed by atoms with Crippen molar-refractivity contribution in [2.24, 2.45) is 5.41 Å². The van der Waals surface area contributed by atoms with Crippen LogP contribution in [0.1, 0.15) is 40.0 Å². The normalized spacial score (nSPS) is 28.5. The third kappa shape index (κ3) is 3.20. The van der Waals surface area contributed by atoms with Crippen LogP contribution in [0.25, 0.3) is 0 Å². The zero-order valence-electron chi connectivity index (χ0n) is 13.4. The summed E-state index contributed by atoms with van der Waals surface area (Å²) in [5, 5.41) is 20.7. The topological polar surface area (TPSA) is 87.1 Å². The average molecular weight is 331 g/mol. The van der Waals surface area contributed by atoms with E-state index in [1.54, 1.807) is 32.5 Å². The van der Waals surface area contributed by atoms with Gasteiger partial charge in [0.1, 0.15) is 11.0 Å². The standard InChI is InChI=1S/C15H25NO5S/c1-13(2,3)21-12(19)16-7-4-14(10-16,11(17)18)15(20)5-8-22-9-6-15/h20H,4-10H2,1-3H3,(H,17,18). The molecule has 1 unspecified atom stereocenters. The largest absolute Gasteiger partial charge is 0.481 e. The minimum absolute atomic E-state index is 0.0123. The Morgan fingerprint density at radius 1 is 1.18 bits per heavy atom. The van der Waals surface area contributed by atoms with Crippen molar-refractivity contribution < 1.29 is 24.5 Å². The number of aliphatic carboxylic acids is 1. The summed E-state index contributed by atoms with van der Waals surface area (Å²) >= 11 is 1.72. The number of rotatable bonds is 2. The molecule has 2 aliphatic heterocycles. The number of carbonyl (C=O) groups is 2. The Hall–Kier alpha value is -0.950. The Morgan fingerprint density at radius 3 is 2.27 bits per heavy atom. The van der Waals surface area contributed by atoms with Crippen molar-refractivity contribution in [3.63, 3.8) is 0 Å². The average Bonchev–Trinajstić information content (AvgIpc) is 2.84. The van der Waals surface area contributed by atoms with E-state index in [0.29, 0.717) is 19.4 Å². The fourth-order valence-electron chi connectivity index (χ4n) is 3.23. The third-order valence-corrected chi connectivity index (χ3v) is 5.53. The van der Waals surface area contributed by atoms with Crippen LogP contribution in [0, 0.1) is 5.41 Å². The molecule has 0 aromatic heterocycles. The van der Waals surface area contributed by atoms with Crippen LogP contribution >= 0.6 is 11.8 Å². The van der Waals surface area contributed by atoms with Crippen molar-refractivity contribution >= 4 is 23.8 Å². The number of carboxylic acids is 1. The summed E-state index contributed by atoms with van der Waals surface area (Å²) in [6.07, 6.45) is 0.658. The molecule has 2 aliphatic rings. The van der Waals surface area contributed by atoms with Crippen LogP contribution in [0.4, 0.5) is 4.79 Å². The van der Waals surface area contributed by atoms with Gasteiger partial charge in [0.05, 0.1) is 5.60 Å². The maximum atomic E-state index is 12.2. The Kier molecular flexibility index (Phi) is 4.69. The number of nitrogens with zero attached hydrogens (tertiary/aromatic N) is 1. The molecule has 1 amide bonds. The molecule has 0 aromatic rings. The number of hydrogen-bond acceptors (Lipinski definition) is 5. The SMILES string of the molecule is CC(C)(C)OC(=O)N1CCC(C(=O)O)(C2(O)CCSCC2)C1. The van der Waals surface area contributed by atoms with Gasteiger partial charge in [-0.1, -0.05) is 0 Å². The van der Waals surface area contributed by atoms with Gasteiger partial charge in [0.2, 0.25) is 0 Å². The number of carbonyl (C=O) groups excluding carboxylic acids is 1. The van der Waals surface area contributed by atoms with Gasteiger partial charge in [0, 0.05) is 13.1 Å². The zero-order chi connectivity index (χ0) is 16.6. The van der Waals surface area contributed by atoms with Gasteiger partial charge in [-0.25, -0.2) is 4.79 Å². The summed E-state index contributed by atoms with van der Waals surface area (Å²) < 4.78 is 5.32. The molecular formula is C15H25NO5S. The maximum Gasteiger partial charge on any atom is 0.410 e. The number of carboxylic acid groups (broad SMARTS) is 1. The summed E-state index contributed by atoms with van der Waals surface area (Å²) in [5.74, 6) is 0.476. The van der Waals surface area contributed by atoms with Crippen molar-refractivity contribution in [3.05, 3.63) is 0 Å². The molecule has 126 valence electrons. The summed E-state index contributed by atoms with van der Waals surface area (Å²) in [6.45, 7) is 5.64. The van der Waals surface area contributed by atoms with Gasteiger partial charge in [0.25, 0.3) is 0 Å². The summed E-state index contributed by atoms with van der Waals surface area (Å²) in [6, 6.07) is 0. The van der Waals surface area contributed by atoms with E-state index in [1.165, 1.54) is 4.90 Å². The molecule has 7 heteroatoms. The van der Waals surface area contributed by atoms with Crippen LogP contribution in [-0.4, -0.2) is 63.0 Å². The van der Waals surface area contributed by atoms with Crippen molar-refractivity contribution in [1.82, 2.24) is 4.90 Å². The molecule has 2 rings (SSSR count). The van der Waals surface area contributed by atoms with Crippen LogP contribution in [0.2, 0.25) is 0 Å². The third-order valence-electron chi connectivity index (χ3n) is 4.54. The Balaban J connectivity index is 2.18. The van der Waals surface area contributed by atoms with Gasteiger partial charge in [-0.05, 0) is 51.5 Å². The monoisotopic (exact) mass is 331 g/mol. The smallest absolute Gasteiger partial charge is 0.410 e. The molecule has 6 nitrogen and oxygen atoms in total. The van der Waals surface area contributed by atoms with E-state index in [-0.39, 0.29) is 13.0 Å². The Labute approximate surface area is 135 Å². The second-order valence-electron chi connectivity index (χ2n) is 7.18. The molecule has 1 atom stereocenters. The van der Waals surface area contributed by atoms with Gasteiger partial charge in [-0.3, -0.25) is 4.79 Å². The van der Waals surface area contributed by atoms with Gasteiger partial charge in [0.15, 0.2) is 0 Å². The van der Waals surface area contributed by atoms with E-state index >= 15 is 0 Å². The van der Waals surface area contributed by atoms with Crippen LogP contribution in [0.5, 0.6) is 0 Å². The van der Waals surface area contributed by atoms with Crippen LogP contribution < -0.4 is 0 Å². The summed E-state index contributed by atoms with van der Waals surface area (Å²) in [7, 11) is 0. The minimum atomic E-state index is -1.29. The summed E-state index contributed by atoms with van der Waals surface area (Å²) in [4.78, 5) is 25.5. The van der Waals surface area contributed by atoms with Crippen LogP contribution in [0.3, 0.4) is 0 Å². The van der Waals surface area contributed by atoms with Crippen molar-refractivity contribution in [1.29, 1.82) is 0 Å². The molecule has 2 N–H and O–H groups in total. The molecule has 2 fully saturated rings. The number of thioether (sulfide) groups is 1. The molecule has 2 saturated heterocycles. The van der Waals surface area contributed by atoms with E-state index in [4.69, 9.17) is 4.74 Å². The molecule has 2 heterocycles. The zero-order valence-corrected chi connectivity index (χ0v) is 14.2. The second-order valence-corrected chi connectivity index (χ2v) is 8.41. The van der Waals surface area contributed by atoms with Crippen molar-refractivity contribution in [3.8, 4) is 0 Å². The maximum absolute atomic E-state index is 12.2. The molecule has 0 aliphatic carbocycles. The number of likely N-dealkylation sites (tertiary alicyclic amines) is 1. The highest BCUT2D eigenvalue weighted by Crippen LogP contribution is 2.47. The first kappa shape index (κ1) is 17.4. The molecule has 22 heavy (non-hydrogen) atoms. The first-order valence-corrected chi connectivity index (χ1v) is 8.77. The summed E-state index contributed by atoms with van der Waals surface area (Å²) in [5.41, 5.74) is -3.16. The van der Waals surface area contributed by atoms with E-state index in [2.05, 4.69) is 0 Å². The lowest BCUT2D eigenvalue weighted by atomic mass is 9.68. The van der Waals surface area contributed by atoms with Gasteiger partial charge < -0.3 is 19.8 Å². The number of ether oxygens (including phenoxy) is 1. The van der Waals surface area contributed by atoms with E-state index < -0.39 is 28.7 Å². The molecule has 0 radical (unpaired) electrons. The lowest BCUT2D eigenvalue weighted by Gasteiger charge is -2.44. The highest BCUT2D eigenvalue weighted by Gasteiger charge is 2.60. The molecule has 0 spiro atoms. The minimum Gasteiger partial charge on any atom is -0.481 e. The first-order valence-electron chi connectivity index (χ1n) is 7.61. The van der Waals surface area contributed by atoms with Crippen LogP contribution in [-0.2, 0) is 9.53 Å². The van der Waals surface area contributed by atoms with E-state index in [1.807, 2.05) is 0 Å². The van der Waals surface area contributed by atoms with E-state index in [9.17, 15) is 19.8 Å². The predicted molar refractivity (Wildman–Crippen MR) is 84.0 cm³/mol. The lowest BCUT2D eigenvalue weighted by Crippen LogP contribution is -2.57.